The lowest BCUT2D eigenvalue weighted by atomic mass is 9.76. The molecule has 0 saturated heterocycles. The second-order valence-electron chi connectivity index (χ2n) is 4.37. The maximum atomic E-state index is 12.4. The van der Waals surface area contributed by atoms with Crippen molar-refractivity contribution < 1.29 is 8.42 Å². The normalized spacial score (nSPS) is 28.1. The van der Waals surface area contributed by atoms with E-state index >= 15 is 0 Å². The Balaban J connectivity index is 2.37. The van der Waals surface area contributed by atoms with Gasteiger partial charge in [-0.15, -0.1) is 11.6 Å². The molecule has 17 heavy (non-hydrogen) atoms. The lowest BCUT2D eigenvalue weighted by Gasteiger charge is -2.42. The third-order valence-corrected chi connectivity index (χ3v) is 6.47. The van der Waals surface area contributed by atoms with Crippen LogP contribution in [-0.4, -0.2) is 19.0 Å². The summed E-state index contributed by atoms with van der Waals surface area (Å²) in [5, 5.41) is 8.76. The molecular formula is C12H12ClNO2S. The first kappa shape index (κ1) is 12.4. The van der Waals surface area contributed by atoms with Gasteiger partial charge in [0.25, 0.3) is 0 Å². The number of nitriles is 1. The van der Waals surface area contributed by atoms with E-state index in [0.717, 1.165) is 0 Å². The van der Waals surface area contributed by atoms with Crippen LogP contribution in [0.3, 0.4) is 0 Å². The average Bonchev–Trinajstić information content (AvgIpc) is 2.30. The molecule has 0 heterocycles. The van der Waals surface area contributed by atoms with E-state index in [1.165, 1.54) is 0 Å². The van der Waals surface area contributed by atoms with Crippen molar-refractivity contribution in [2.45, 2.75) is 22.5 Å². The summed E-state index contributed by atoms with van der Waals surface area (Å²) in [6.45, 7) is 0. The van der Waals surface area contributed by atoms with E-state index in [1.807, 2.05) is 0 Å². The van der Waals surface area contributed by atoms with Crippen LogP contribution in [-0.2, 0) is 9.84 Å². The summed E-state index contributed by atoms with van der Waals surface area (Å²) in [7, 11) is -3.44. The van der Waals surface area contributed by atoms with Gasteiger partial charge in [-0.05, 0) is 25.0 Å². The van der Waals surface area contributed by atoms with Crippen LogP contribution in [0.4, 0.5) is 0 Å². The van der Waals surface area contributed by atoms with Gasteiger partial charge in [-0.2, -0.15) is 5.26 Å². The molecule has 0 N–H and O–H groups in total. The molecule has 1 aliphatic rings. The minimum absolute atomic E-state index is 0.0441. The average molecular weight is 270 g/mol. The van der Waals surface area contributed by atoms with Crippen LogP contribution >= 0.6 is 11.6 Å². The van der Waals surface area contributed by atoms with Gasteiger partial charge in [0.1, 0.15) is 0 Å². The number of rotatable bonds is 3. The number of hydrogen-bond acceptors (Lipinski definition) is 3. The first-order valence-corrected chi connectivity index (χ1v) is 7.33. The van der Waals surface area contributed by atoms with E-state index in [1.54, 1.807) is 30.3 Å². The summed E-state index contributed by atoms with van der Waals surface area (Å²) in [6, 6.07) is 10.4. The van der Waals surface area contributed by atoms with Crippen molar-refractivity contribution in [2.75, 3.05) is 5.88 Å². The lowest BCUT2D eigenvalue weighted by Crippen LogP contribution is -2.51. The van der Waals surface area contributed by atoms with E-state index < -0.39 is 14.6 Å². The first-order valence-electron chi connectivity index (χ1n) is 5.31. The first-order chi connectivity index (χ1) is 8.05. The molecule has 1 aromatic carbocycles. The fourth-order valence-corrected chi connectivity index (χ4v) is 4.83. The standard InChI is InChI=1S/C12H12ClNO2S/c13-9-12(6-10(7-12)8-14)17(15,16)11-4-2-1-3-5-11/h1-5,10H,6-7,9H2. The van der Waals surface area contributed by atoms with Gasteiger partial charge in [0, 0.05) is 11.8 Å². The molecule has 1 fully saturated rings. The Morgan fingerprint density at radius 2 is 1.94 bits per heavy atom. The topological polar surface area (TPSA) is 57.9 Å². The van der Waals surface area contributed by atoms with Gasteiger partial charge >= 0.3 is 0 Å². The van der Waals surface area contributed by atoms with Crippen LogP contribution in [0.1, 0.15) is 12.8 Å². The number of hydrogen-bond donors (Lipinski definition) is 0. The number of benzene rings is 1. The molecule has 0 aliphatic heterocycles. The van der Waals surface area contributed by atoms with Crippen molar-refractivity contribution in [3.8, 4) is 6.07 Å². The highest BCUT2D eigenvalue weighted by molar-refractivity contribution is 7.93. The Hall–Kier alpha value is -1.05. The SMILES string of the molecule is N#CC1CC(CCl)(S(=O)(=O)c2ccccc2)C1. The van der Waals surface area contributed by atoms with Crippen LogP contribution < -0.4 is 0 Å². The highest BCUT2D eigenvalue weighted by atomic mass is 35.5. The molecule has 2 rings (SSSR count). The lowest BCUT2D eigenvalue weighted by molar-refractivity contribution is 0.294. The quantitative estimate of drug-likeness (QED) is 0.792. The second-order valence-corrected chi connectivity index (χ2v) is 6.98. The monoisotopic (exact) mass is 269 g/mol. The van der Waals surface area contributed by atoms with Crippen LogP contribution in [0.15, 0.2) is 35.2 Å². The molecule has 1 saturated carbocycles. The van der Waals surface area contributed by atoms with E-state index in [2.05, 4.69) is 6.07 Å². The summed E-state index contributed by atoms with van der Waals surface area (Å²) < 4.78 is 23.9. The smallest absolute Gasteiger partial charge is 0.185 e. The molecular weight excluding hydrogens is 258 g/mol. The van der Waals surface area contributed by atoms with Crippen LogP contribution in [0.25, 0.3) is 0 Å². The third kappa shape index (κ3) is 1.84. The summed E-state index contributed by atoms with van der Waals surface area (Å²) in [5.74, 6) is -0.144. The minimum atomic E-state index is -3.44. The molecule has 5 heteroatoms. The van der Waals surface area contributed by atoms with Crippen LogP contribution in [0.2, 0.25) is 0 Å². The Kier molecular flexibility index (Phi) is 3.15. The van der Waals surface area contributed by atoms with Gasteiger partial charge in [0.05, 0.1) is 15.7 Å². The number of sulfone groups is 1. The van der Waals surface area contributed by atoms with Crippen molar-refractivity contribution in [3.05, 3.63) is 30.3 Å². The Bertz CT molecular complexity index is 542. The van der Waals surface area contributed by atoms with Crippen molar-refractivity contribution in [1.29, 1.82) is 5.26 Å². The Morgan fingerprint density at radius 1 is 1.35 bits per heavy atom. The molecule has 90 valence electrons. The van der Waals surface area contributed by atoms with E-state index in [0.29, 0.717) is 12.8 Å². The van der Waals surface area contributed by atoms with Gasteiger partial charge in [0.15, 0.2) is 9.84 Å². The van der Waals surface area contributed by atoms with E-state index in [4.69, 9.17) is 16.9 Å². The van der Waals surface area contributed by atoms with Crippen molar-refractivity contribution >= 4 is 21.4 Å². The number of alkyl halides is 1. The third-order valence-electron chi connectivity index (χ3n) is 3.29. The highest BCUT2D eigenvalue weighted by Gasteiger charge is 2.54. The maximum absolute atomic E-state index is 12.4. The fourth-order valence-electron chi connectivity index (χ4n) is 2.18. The van der Waals surface area contributed by atoms with Crippen molar-refractivity contribution in [3.63, 3.8) is 0 Å². The zero-order chi connectivity index (χ0) is 12.5. The van der Waals surface area contributed by atoms with E-state index in [9.17, 15) is 8.42 Å². The van der Waals surface area contributed by atoms with Gasteiger partial charge in [-0.25, -0.2) is 8.42 Å². The Morgan fingerprint density at radius 3 is 2.41 bits per heavy atom. The zero-order valence-corrected chi connectivity index (χ0v) is 10.7. The molecule has 1 aromatic rings. The molecule has 0 bridgehead atoms. The van der Waals surface area contributed by atoms with Gasteiger partial charge in [-0.1, -0.05) is 18.2 Å². The summed E-state index contributed by atoms with van der Waals surface area (Å²) in [5.41, 5.74) is 0. The van der Waals surface area contributed by atoms with Gasteiger partial charge in [0.2, 0.25) is 0 Å². The molecule has 0 amide bonds. The van der Waals surface area contributed by atoms with Crippen molar-refractivity contribution in [1.82, 2.24) is 0 Å². The maximum Gasteiger partial charge on any atom is 0.185 e. The summed E-state index contributed by atoms with van der Waals surface area (Å²) in [6.07, 6.45) is 0.675. The zero-order valence-electron chi connectivity index (χ0n) is 9.14. The summed E-state index contributed by atoms with van der Waals surface area (Å²) >= 11 is 5.83. The predicted molar refractivity (Wildman–Crippen MR) is 65.4 cm³/mol. The van der Waals surface area contributed by atoms with Gasteiger partial charge in [-0.3, -0.25) is 0 Å². The highest BCUT2D eigenvalue weighted by Crippen LogP contribution is 2.47. The fraction of sp³-hybridized carbons (Fsp3) is 0.417. The van der Waals surface area contributed by atoms with Crippen LogP contribution in [0.5, 0.6) is 0 Å². The molecule has 0 atom stereocenters. The number of nitrogens with zero attached hydrogens (tertiary/aromatic N) is 1. The molecule has 0 spiro atoms. The van der Waals surface area contributed by atoms with Crippen LogP contribution in [0, 0.1) is 17.2 Å². The Labute approximate surface area is 106 Å². The minimum Gasteiger partial charge on any atom is -0.223 e. The van der Waals surface area contributed by atoms with Crippen molar-refractivity contribution in [2.24, 2.45) is 5.92 Å². The second kappa shape index (κ2) is 4.32. The van der Waals surface area contributed by atoms with Gasteiger partial charge < -0.3 is 0 Å². The predicted octanol–water partition coefficient (Wildman–Crippen LogP) is 2.37. The molecule has 0 aromatic heterocycles. The summed E-state index contributed by atoms with van der Waals surface area (Å²) in [4.78, 5) is 0.289. The molecule has 3 nitrogen and oxygen atoms in total. The molecule has 1 aliphatic carbocycles. The number of halogens is 1. The largest absolute Gasteiger partial charge is 0.223 e. The molecule has 0 unspecified atom stereocenters. The van der Waals surface area contributed by atoms with E-state index in [-0.39, 0.29) is 16.7 Å². The molecule has 0 radical (unpaired) electrons.